The van der Waals surface area contributed by atoms with Gasteiger partial charge < -0.3 is 20.1 Å². The molecule has 0 unspecified atom stereocenters. The average Bonchev–Trinajstić information content (AvgIpc) is 3.36. The SMILES string of the molecule is Cc1cccc(CNC(=O)c2cn3c(c(O)c2=O)C(=O)N(C)[C@@H]2C[C@@H]4COC[C@@H]4N23)c1F. The van der Waals surface area contributed by atoms with Crippen LogP contribution in [0, 0.1) is 18.7 Å². The van der Waals surface area contributed by atoms with Crippen LogP contribution in [0.4, 0.5) is 4.39 Å². The molecule has 2 N–H and O–H groups in total. The molecule has 32 heavy (non-hydrogen) atoms. The van der Waals surface area contributed by atoms with E-state index in [0.29, 0.717) is 25.2 Å². The van der Waals surface area contributed by atoms with Gasteiger partial charge in [0.15, 0.2) is 11.4 Å². The van der Waals surface area contributed by atoms with Crippen LogP contribution in [0.3, 0.4) is 0 Å². The van der Waals surface area contributed by atoms with Gasteiger partial charge in [-0.05, 0) is 18.9 Å². The minimum absolute atomic E-state index is 0.0477. The molecule has 1 aromatic carbocycles. The molecule has 2 fully saturated rings. The number of pyridine rings is 1. The van der Waals surface area contributed by atoms with Crippen molar-refractivity contribution >= 4 is 11.8 Å². The third-order valence-corrected chi connectivity index (χ3v) is 6.66. The van der Waals surface area contributed by atoms with Crippen molar-refractivity contribution in [3.63, 3.8) is 0 Å². The molecule has 4 heterocycles. The predicted octanol–water partition coefficient (Wildman–Crippen LogP) is 0.700. The first-order valence-electron chi connectivity index (χ1n) is 10.4. The van der Waals surface area contributed by atoms with Crippen molar-refractivity contribution in [2.24, 2.45) is 5.92 Å². The maximum absolute atomic E-state index is 14.3. The molecule has 9 nitrogen and oxygen atoms in total. The van der Waals surface area contributed by atoms with Crippen LogP contribution in [0.1, 0.15) is 38.4 Å². The lowest BCUT2D eigenvalue weighted by atomic mass is 10.0. The van der Waals surface area contributed by atoms with Gasteiger partial charge in [-0.2, -0.15) is 0 Å². The monoisotopic (exact) mass is 442 g/mol. The summed E-state index contributed by atoms with van der Waals surface area (Å²) in [4.78, 5) is 40.0. The van der Waals surface area contributed by atoms with Crippen molar-refractivity contribution in [2.75, 3.05) is 25.3 Å². The number of amides is 2. The lowest BCUT2D eigenvalue weighted by Gasteiger charge is -2.43. The summed E-state index contributed by atoms with van der Waals surface area (Å²) in [6, 6.07) is 4.79. The molecule has 0 bridgehead atoms. The Kier molecular flexibility index (Phi) is 4.70. The van der Waals surface area contributed by atoms with Gasteiger partial charge in [-0.25, -0.2) is 4.39 Å². The van der Waals surface area contributed by atoms with Gasteiger partial charge in [-0.1, -0.05) is 18.2 Å². The third kappa shape index (κ3) is 2.89. The molecule has 0 aliphatic carbocycles. The summed E-state index contributed by atoms with van der Waals surface area (Å²) < 4.78 is 21.3. The minimum Gasteiger partial charge on any atom is -0.502 e. The quantitative estimate of drug-likeness (QED) is 0.725. The number of nitrogens with zero attached hydrogens (tertiary/aromatic N) is 3. The summed E-state index contributed by atoms with van der Waals surface area (Å²) in [5.74, 6) is -2.27. The second-order valence-electron chi connectivity index (χ2n) is 8.52. The van der Waals surface area contributed by atoms with Crippen LogP contribution < -0.4 is 15.8 Å². The Morgan fingerprint density at radius 3 is 2.88 bits per heavy atom. The van der Waals surface area contributed by atoms with E-state index in [0.717, 1.165) is 0 Å². The lowest BCUT2D eigenvalue weighted by molar-refractivity contribution is 0.0619. The third-order valence-electron chi connectivity index (χ3n) is 6.66. The smallest absolute Gasteiger partial charge is 0.277 e. The van der Waals surface area contributed by atoms with E-state index < -0.39 is 28.8 Å². The Morgan fingerprint density at radius 1 is 1.31 bits per heavy atom. The minimum atomic E-state index is -0.947. The molecule has 0 radical (unpaired) electrons. The molecular weight excluding hydrogens is 419 g/mol. The maximum atomic E-state index is 14.3. The van der Waals surface area contributed by atoms with Crippen molar-refractivity contribution in [3.05, 3.63) is 62.8 Å². The van der Waals surface area contributed by atoms with Crippen LogP contribution in [0.2, 0.25) is 0 Å². The van der Waals surface area contributed by atoms with Gasteiger partial charge in [-0.3, -0.25) is 24.1 Å². The largest absolute Gasteiger partial charge is 0.502 e. The van der Waals surface area contributed by atoms with Crippen molar-refractivity contribution < 1.29 is 23.8 Å². The Labute approximate surface area is 183 Å². The van der Waals surface area contributed by atoms with Crippen LogP contribution in [-0.4, -0.2) is 59.0 Å². The Hall–Kier alpha value is -3.40. The molecule has 0 saturated carbocycles. The zero-order chi connectivity index (χ0) is 22.7. The number of aromatic hydroxyl groups is 1. The molecule has 3 atom stereocenters. The average molecular weight is 442 g/mol. The molecule has 0 spiro atoms. The van der Waals surface area contributed by atoms with E-state index in [4.69, 9.17) is 4.74 Å². The van der Waals surface area contributed by atoms with Gasteiger partial charge in [0.1, 0.15) is 17.5 Å². The van der Waals surface area contributed by atoms with E-state index in [1.54, 1.807) is 32.2 Å². The highest BCUT2D eigenvalue weighted by atomic mass is 19.1. The number of halogens is 1. The number of hydrogen-bond acceptors (Lipinski definition) is 6. The van der Waals surface area contributed by atoms with Gasteiger partial charge in [-0.15, -0.1) is 0 Å². The summed E-state index contributed by atoms with van der Waals surface area (Å²) in [6.07, 6.45) is 1.71. The summed E-state index contributed by atoms with van der Waals surface area (Å²) in [7, 11) is 1.63. The summed E-state index contributed by atoms with van der Waals surface area (Å²) in [5.41, 5.74) is -0.722. The fourth-order valence-electron chi connectivity index (χ4n) is 4.89. The number of benzene rings is 1. The van der Waals surface area contributed by atoms with Gasteiger partial charge in [0.2, 0.25) is 5.43 Å². The number of fused-ring (bicyclic) bond motifs is 5. The number of carbonyl (C=O) groups is 2. The number of hydrogen-bond donors (Lipinski definition) is 2. The summed E-state index contributed by atoms with van der Waals surface area (Å²) in [5, 5.41) is 15.0. The van der Waals surface area contributed by atoms with Crippen molar-refractivity contribution in [2.45, 2.75) is 32.1 Å². The van der Waals surface area contributed by atoms with E-state index in [2.05, 4.69) is 5.32 Å². The zero-order valence-electron chi connectivity index (χ0n) is 17.7. The van der Waals surface area contributed by atoms with Crippen molar-refractivity contribution in [1.82, 2.24) is 14.9 Å². The predicted molar refractivity (Wildman–Crippen MR) is 111 cm³/mol. The summed E-state index contributed by atoms with van der Waals surface area (Å²) >= 11 is 0. The zero-order valence-corrected chi connectivity index (χ0v) is 17.7. The first kappa shape index (κ1) is 20.5. The van der Waals surface area contributed by atoms with E-state index in [-0.39, 0.29) is 41.5 Å². The Bertz CT molecular complexity index is 1200. The number of rotatable bonds is 3. The fourth-order valence-corrected chi connectivity index (χ4v) is 4.89. The van der Waals surface area contributed by atoms with Gasteiger partial charge in [0.05, 0.1) is 19.3 Å². The molecule has 3 aliphatic heterocycles. The standard InChI is InChI=1S/C22H23FN4O5/c1-11-4-3-5-12(17(11)23)7-24-21(30)14-8-26-18(20(29)19(14)28)22(31)25(2)16-6-13-9-32-10-15(13)27(16)26/h3-5,8,13,15-16,29H,6-7,9-10H2,1-2H3,(H,24,30)/t13-,15+,16+/m1/s1. The van der Waals surface area contributed by atoms with Crippen LogP contribution in [0.15, 0.2) is 29.2 Å². The topological polar surface area (TPSA) is 104 Å². The van der Waals surface area contributed by atoms with Crippen molar-refractivity contribution in [1.29, 1.82) is 0 Å². The molecule has 168 valence electrons. The molecular formula is C22H23FN4O5. The van der Waals surface area contributed by atoms with Crippen LogP contribution in [0.25, 0.3) is 0 Å². The lowest BCUT2D eigenvalue weighted by Crippen LogP contribution is -2.60. The van der Waals surface area contributed by atoms with Crippen molar-refractivity contribution in [3.8, 4) is 5.75 Å². The Morgan fingerprint density at radius 2 is 2.09 bits per heavy atom. The second-order valence-corrected chi connectivity index (χ2v) is 8.52. The highest BCUT2D eigenvalue weighted by Crippen LogP contribution is 2.38. The highest BCUT2D eigenvalue weighted by Gasteiger charge is 2.51. The molecule has 2 saturated heterocycles. The second kappa shape index (κ2) is 7.33. The summed E-state index contributed by atoms with van der Waals surface area (Å²) in [6.45, 7) is 2.51. The molecule has 2 aromatic rings. The number of carbonyl (C=O) groups excluding carboxylic acids is 2. The number of aromatic nitrogens is 1. The highest BCUT2D eigenvalue weighted by molar-refractivity contribution is 5.99. The van der Waals surface area contributed by atoms with Gasteiger partial charge in [0, 0.05) is 31.3 Å². The molecule has 2 amide bonds. The van der Waals surface area contributed by atoms with E-state index in [9.17, 15) is 23.9 Å². The molecule has 3 aliphatic rings. The van der Waals surface area contributed by atoms with E-state index >= 15 is 0 Å². The molecule has 5 rings (SSSR count). The Balaban J connectivity index is 1.52. The van der Waals surface area contributed by atoms with Crippen LogP contribution >= 0.6 is 0 Å². The fraction of sp³-hybridized carbons (Fsp3) is 0.409. The number of ether oxygens (including phenoxy) is 1. The van der Waals surface area contributed by atoms with E-state index in [1.807, 2.05) is 5.01 Å². The molecule has 10 heteroatoms. The first-order valence-corrected chi connectivity index (χ1v) is 10.4. The normalized spacial score (nSPS) is 23.7. The number of aryl methyl sites for hydroxylation is 1. The molecule has 1 aromatic heterocycles. The van der Waals surface area contributed by atoms with Gasteiger partial charge in [0.25, 0.3) is 11.8 Å². The van der Waals surface area contributed by atoms with Gasteiger partial charge >= 0.3 is 0 Å². The number of nitrogens with one attached hydrogen (secondary N) is 1. The van der Waals surface area contributed by atoms with E-state index in [1.165, 1.54) is 15.8 Å². The maximum Gasteiger partial charge on any atom is 0.277 e. The van der Waals surface area contributed by atoms with Crippen LogP contribution in [-0.2, 0) is 11.3 Å². The first-order chi connectivity index (χ1) is 15.3. The van der Waals surface area contributed by atoms with Crippen LogP contribution in [0.5, 0.6) is 5.75 Å².